The van der Waals surface area contributed by atoms with Gasteiger partial charge in [-0.2, -0.15) is 0 Å². The number of benzene rings is 1. The summed E-state index contributed by atoms with van der Waals surface area (Å²) in [7, 11) is 11.1. The third-order valence-electron chi connectivity index (χ3n) is 1.56. The Labute approximate surface area is 64.5 Å². The van der Waals surface area contributed by atoms with Gasteiger partial charge in [0.15, 0.2) is 0 Å². The molecule has 0 aromatic heterocycles. The predicted octanol–water partition coefficient (Wildman–Crippen LogP) is -0.163. The Morgan fingerprint density at radius 2 is 1.90 bits per heavy atom. The summed E-state index contributed by atoms with van der Waals surface area (Å²) in [5.74, 6) is 0. The number of hydrogen-bond donors (Lipinski definition) is 0. The van der Waals surface area contributed by atoms with Crippen LogP contribution in [0.5, 0.6) is 0 Å². The zero-order valence-corrected chi connectivity index (χ0v) is 6.09. The zero-order chi connectivity index (χ0) is 7.56. The van der Waals surface area contributed by atoms with Gasteiger partial charge in [0.25, 0.3) is 0 Å². The normalized spacial score (nSPS) is 9.70. The molecule has 0 aliphatic heterocycles. The molecule has 4 radical (unpaired) electrons. The van der Waals surface area contributed by atoms with Gasteiger partial charge in [0.05, 0.1) is 0 Å². The Hall–Kier alpha value is -0.650. The molecule has 0 spiro atoms. The van der Waals surface area contributed by atoms with E-state index >= 15 is 0 Å². The van der Waals surface area contributed by atoms with Gasteiger partial charge in [-0.1, -0.05) is 25.1 Å². The molecule has 0 bridgehead atoms. The highest BCUT2D eigenvalue weighted by Crippen LogP contribution is 1.93. The van der Waals surface area contributed by atoms with Gasteiger partial charge in [-0.3, -0.25) is 0 Å². The van der Waals surface area contributed by atoms with E-state index in [0.717, 1.165) is 6.42 Å². The summed E-state index contributed by atoms with van der Waals surface area (Å²) >= 11 is 0. The highest BCUT2D eigenvalue weighted by molar-refractivity contribution is 6.48. The van der Waals surface area contributed by atoms with Crippen LogP contribution in [-0.2, 0) is 6.42 Å². The van der Waals surface area contributed by atoms with E-state index < -0.39 is 0 Å². The standard InChI is InChI=1S/C8H8B2/c1-2-6-3-4-7(9)8(10)5-6/h3-5H,2H2,1H3. The third kappa shape index (κ3) is 1.44. The van der Waals surface area contributed by atoms with Gasteiger partial charge in [-0.05, 0) is 12.0 Å². The SMILES string of the molecule is [B]c1ccc(CC)cc1[B]. The summed E-state index contributed by atoms with van der Waals surface area (Å²) in [5, 5.41) is 0. The fourth-order valence-electron chi connectivity index (χ4n) is 0.844. The highest BCUT2D eigenvalue weighted by Gasteiger charge is 1.91. The summed E-state index contributed by atoms with van der Waals surface area (Å²) in [6.07, 6.45) is 1.00. The molecule has 0 saturated carbocycles. The van der Waals surface area contributed by atoms with E-state index in [1.165, 1.54) is 5.56 Å². The molecule has 0 nitrogen and oxygen atoms in total. The summed E-state index contributed by atoms with van der Waals surface area (Å²) in [4.78, 5) is 0. The molecule has 2 heteroatoms. The van der Waals surface area contributed by atoms with Crippen molar-refractivity contribution in [3.8, 4) is 0 Å². The van der Waals surface area contributed by atoms with Crippen LogP contribution in [0, 0.1) is 0 Å². The van der Waals surface area contributed by atoms with Crippen LogP contribution in [0.25, 0.3) is 0 Å². The maximum atomic E-state index is 5.57. The van der Waals surface area contributed by atoms with E-state index in [0.29, 0.717) is 10.9 Å². The molecule has 46 valence electrons. The van der Waals surface area contributed by atoms with E-state index in [1.807, 2.05) is 18.2 Å². The molecule has 0 amide bonds. The summed E-state index contributed by atoms with van der Waals surface area (Å²) in [5.41, 5.74) is 2.57. The van der Waals surface area contributed by atoms with Gasteiger partial charge in [-0.15, -0.1) is 10.9 Å². The average Bonchev–Trinajstić information content (AvgIpc) is 1.95. The number of hydrogen-bond acceptors (Lipinski definition) is 0. The minimum atomic E-state index is 0.664. The summed E-state index contributed by atoms with van der Waals surface area (Å²) in [6, 6.07) is 5.75. The van der Waals surface area contributed by atoms with Crippen molar-refractivity contribution in [3.63, 3.8) is 0 Å². The molecule has 10 heavy (non-hydrogen) atoms. The monoisotopic (exact) mass is 126 g/mol. The van der Waals surface area contributed by atoms with E-state index in [9.17, 15) is 0 Å². The van der Waals surface area contributed by atoms with Crippen LogP contribution in [0.2, 0.25) is 0 Å². The molecule has 0 aliphatic rings. The molecule has 0 heterocycles. The zero-order valence-electron chi connectivity index (χ0n) is 6.09. The quantitative estimate of drug-likeness (QED) is 0.458. The minimum absolute atomic E-state index is 0.664. The molecular weight excluding hydrogens is 118 g/mol. The molecule has 0 unspecified atom stereocenters. The first-order valence-electron chi connectivity index (χ1n) is 3.38. The molecule has 0 aliphatic carbocycles. The van der Waals surface area contributed by atoms with Crippen molar-refractivity contribution in [1.29, 1.82) is 0 Å². The largest absolute Gasteiger partial charge is 0.112 e. The Kier molecular flexibility index (Phi) is 2.21. The minimum Gasteiger partial charge on any atom is -0.104 e. The lowest BCUT2D eigenvalue weighted by Gasteiger charge is -2.02. The van der Waals surface area contributed by atoms with E-state index in [4.69, 9.17) is 15.7 Å². The lowest BCUT2D eigenvalue weighted by Crippen LogP contribution is -2.25. The molecule has 0 fully saturated rings. The fourth-order valence-corrected chi connectivity index (χ4v) is 0.844. The summed E-state index contributed by atoms with van der Waals surface area (Å²) < 4.78 is 0. The second-order valence-corrected chi connectivity index (χ2v) is 2.32. The highest BCUT2D eigenvalue weighted by atomic mass is 13.9. The molecule has 1 aromatic carbocycles. The van der Waals surface area contributed by atoms with Crippen molar-refractivity contribution in [1.82, 2.24) is 0 Å². The van der Waals surface area contributed by atoms with E-state index in [2.05, 4.69) is 6.92 Å². The molecule has 1 rings (SSSR count). The third-order valence-corrected chi connectivity index (χ3v) is 1.56. The molecular formula is C8H8B2. The van der Waals surface area contributed by atoms with Crippen molar-refractivity contribution in [2.24, 2.45) is 0 Å². The van der Waals surface area contributed by atoms with Crippen LogP contribution >= 0.6 is 0 Å². The van der Waals surface area contributed by atoms with Gasteiger partial charge >= 0.3 is 0 Å². The topological polar surface area (TPSA) is 0 Å². The second-order valence-electron chi connectivity index (χ2n) is 2.32. The number of aryl methyl sites for hydroxylation is 1. The van der Waals surface area contributed by atoms with E-state index in [1.54, 1.807) is 0 Å². The molecule has 0 atom stereocenters. The first-order valence-corrected chi connectivity index (χ1v) is 3.38. The van der Waals surface area contributed by atoms with Gasteiger partial charge in [0.1, 0.15) is 15.7 Å². The lowest BCUT2D eigenvalue weighted by molar-refractivity contribution is 1.15. The predicted molar refractivity (Wildman–Crippen MR) is 46.6 cm³/mol. The smallest absolute Gasteiger partial charge is 0.104 e. The van der Waals surface area contributed by atoms with Crippen LogP contribution in [0.15, 0.2) is 18.2 Å². The van der Waals surface area contributed by atoms with Crippen molar-refractivity contribution in [3.05, 3.63) is 23.8 Å². The van der Waals surface area contributed by atoms with Gasteiger partial charge in [0.2, 0.25) is 0 Å². The first-order chi connectivity index (χ1) is 4.74. The van der Waals surface area contributed by atoms with Crippen LogP contribution in [-0.4, -0.2) is 15.7 Å². The lowest BCUT2D eigenvalue weighted by atomic mass is 9.80. The maximum Gasteiger partial charge on any atom is 0.112 e. The molecule has 0 saturated heterocycles. The molecule has 0 N–H and O–H groups in total. The van der Waals surface area contributed by atoms with Crippen LogP contribution in [0.3, 0.4) is 0 Å². The first kappa shape index (κ1) is 7.46. The Morgan fingerprint density at radius 1 is 1.20 bits per heavy atom. The van der Waals surface area contributed by atoms with Crippen LogP contribution in [0.4, 0.5) is 0 Å². The van der Waals surface area contributed by atoms with Crippen molar-refractivity contribution in [2.75, 3.05) is 0 Å². The van der Waals surface area contributed by atoms with Crippen molar-refractivity contribution >= 4 is 26.6 Å². The van der Waals surface area contributed by atoms with Crippen LogP contribution in [0.1, 0.15) is 12.5 Å². The Bertz CT molecular complexity index is 231. The average molecular weight is 126 g/mol. The number of rotatable bonds is 1. The van der Waals surface area contributed by atoms with E-state index in [-0.39, 0.29) is 0 Å². The maximum absolute atomic E-state index is 5.57. The fraction of sp³-hybridized carbons (Fsp3) is 0.250. The van der Waals surface area contributed by atoms with Gasteiger partial charge < -0.3 is 0 Å². The van der Waals surface area contributed by atoms with Crippen molar-refractivity contribution < 1.29 is 0 Å². The van der Waals surface area contributed by atoms with Crippen molar-refractivity contribution in [2.45, 2.75) is 13.3 Å². The summed E-state index contributed by atoms with van der Waals surface area (Å²) in [6.45, 7) is 2.09. The Balaban J connectivity index is 3.04. The Morgan fingerprint density at radius 3 is 2.40 bits per heavy atom. The van der Waals surface area contributed by atoms with Gasteiger partial charge in [0, 0.05) is 0 Å². The van der Waals surface area contributed by atoms with Crippen LogP contribution < -0.4 is 10.9 Å². The second kappa shape index (κ2) is 2.96. The van der Waals surface area contributed by atoms with Gasteiger partial charge in [-0.25, -0.2) is 0 Å². The molecule has 1 aromatic rings.